The van der Waals surface area contributed by atoms with Crippen molar-refractivity contribution in [3.8, 4) is 5.75 Å². The van der Waals surface area contributed by atoms with Crippen molar-refractivity contribution in [1.29, 1.82) is 0 Å². The molecule has 2 N–H and O–H groups in total. The largest absolute Gasteiger partial charge is 0.481 e. The molecule has 1 amide bonds. The molecule has 0 heterocycles. The molecule has 7 heteroatoms. The van der Waals surface area contributed by atoms with Crippen molar-refractivity contribution < 1.29 is 18.8 Å². The maximum absolute atomic E-state index is 13.2. The van der Waals surface area contributed by atoms with Gasteiger partial charge in [-0.15, -0.1) is 0 Å². The van der Waals surface area contributed by atoms with Crippen LogP contribution in [-0.2, 0) is 4.79 Å². The number of amides is 1. The van der Waals surface area contributed by atoms with Crippen LogP contribution >= 0.6 is 0 Å². The van der Waals surface area contributed by atoms with E-state index in [1.165, 1.54) is 6.07 Å². The van der Waals surface area contributed by atoms with Crippen LogP contribution in [0.5, 0.6) is 5.75 Å². The predicted molar refractivity (Wildman–Crippen MR) is 57.0 cm³/mol. The quantitative estimate of drug-likeness (QED) is 0.623. The zero-order chi connectivity index (χ0) is 13.0. The summed E-state index contributed by atoms with van der Waals surface area (Å²) in [7, 11) is 0. The van der Waals surface area contributed by atoms with Gasteiger partial charge in [-0.3, -0.25) is 14.9 Å². The van der Waals surface area contributed by atoms with E-state index in [1.54, 1.807) is 6.92 Å². The van der Waals surface area contributed by atoms with Crippen molar-refractivity contribution in [2.75, 3.05) is 0 Å². The van der Waals surface area contributed by atoms with Gasteiger partial charge < -0.3 is 10.5 Å². The first-order valence-electron chi connectivity index (χ1n) is 4.85. The molecule has 1 aromatic carbocycles. The van der Waals surface area contributed by atoms with Gasteiger partial charge in [-0.1, -0.05) is 6.92 Å². The van der Waals surface area contributed by atoms with Gasteiger partial charge in [-0.2, -0.15) is 4.39 Å². The number of nitro benzene ring substituents is 1. The second kappa shape index (κ2) is 5.24. The Morgan fingerprint density at radius 1 is 1.65 bits per heavy atom. The normalized spacial score (nSPS) is 11.9. The molecule has 0 fully saturated rings. The SMILES string of the molecule is CCC(Oc1ccc([N+](=O)[O-])c(F)c1)C(N)=O. The van der Waals surface area contributed by atoms with Crippen molar-refractivity contribution >= 4 is 11.6 Å². The van der Waals surface area contributed by atoms with Crippen LogP contribution in [-0.4, -0.2) is 16.9 Å². The second-order valence-corrected chi connectivity index (χ2v) is 3.29. The number of hydrogen-bond donors (Lipinski definition) is 1. The van der Waals surface area contributed by atoms with Crippen LogP contribution in [0.15, 0.2) is 18.2 Å². The summed E-state index contributed by atoms with van der Waals surface area (Å²) < 4.78 is 18.3. The van der Waals surface area contributed by atoms with Crippen LogP contribution in [0.25, 0.3) is 0 Å². The van der Waals surface area contributed by atoms with Crippen LogP contribution in [0.4, 0.5) is 10.1 Å². The predicted octanol–water partition coefficient (Wildman–Crippen LogP) is 1.38. The number of benzene rings is 1. The standard InChI is InChI=1S/C10H11FN2O4/c1-2-9(10(12)14)17-6-3-4-8(13(15)16)7(11)5-6/h3-5,9H,2H2,1H3,(H2,12,14). The Hall–Kier alpha value is -2.18. The average Bonchev–Trinajstić information content (AvgIpc) is 2.24. The molecule has 17 heavy (non-hydrogen) atoms. The lowest BCUT2D eigenvalue weighted by Gasteiger charge is -2.13. The molecule has 1 aromatic rings. The summed E-state index contributed by atoms with van der Waals surface area (Å²) in [6.45, 7) is 1.68. The molecule has 0 radical (unpaired) electrons. The van der Waals surface area contributed by atoms with Crippen LogP contribution in [0, 0.1) is 15.9 Å². The molecule has 0 saturated carbocycles. The van der Waals surface area contributed by atoms with Gasteiger partial charge in [0.1, 0.15) is 5.75 Å². The van der Waals surface area contributed by atoms with Crippen molar-refractivity contribution in [1.82, 2.24) is 0 Å². The molecule has 92 valence electrons. The van der Waals surface area contributed by atoms with E-state index in [4.69, 9.17) is 10.5 Å². The first-order valence-corrected chi connectivity index (χ1v) is 4.85. The van der Waals surface area contributed by atoms with E-state index in [0.29, 0.717) is 6.42 Å². The van der Waals surface area contributed by atoms with E-state index in [2.05, 4.69) is 0 Å². The molecular formula is C10H11FN2O4. The topological polar surface area (TPSA) is 95.5 Å². The van der Waals surface area contributed by atoms with E-state index < -0.39 is 28.4 Å². The minimum atomic E-state index is -1.02. The minimum absolute atomic E-state index is 0.0266. The van der Waals surface area contributed by atoms with Crippen LogP contribution < -0.4 is 10.5 Å². The Kier molecular flexibility index (Phi) is 3.97. The third-order valence-electron chi connectivity index (χ3n) is 2.08. The smallest absolute Gasteiger partial charge is 0.305 e. The number of rotatable bonds is 5. The first kappa shape index (κ1) is 12.9. The van der Waals surface area contributed by atoms with E-state index in [9.17, 15) is 19.3 Å². The highest BCUT2D eigenvalue weighted by molar-refractivity contribution is 5.79. The molecule has 6 nitrogen and oxygen atoms in total. The third kappa shape index (κ3) is 3.13. The van der Waals surface area contributed by atoms with E-state index in [0.717, 1.165) is 12.1 Å². The van der Waals surface area contributed by atoms with E-state index in [1.807, 2.05) is 0 Å². The Labute approximate surface area is 96.3 Å². The summed E-state index contributed by atoms with van der Waals surface area (Å²) in [5.41, 5.74) is 4.40. The van der Waals surface area contributed by atoms with Gasteiger partial charge in [0.05, 0.1) is 4.92 Å². The molecule has 0 aliphatic rings. The Balaban J connectivity index is 2.90. The van der Waals surface area contributed by atoms with Gasteiger partial charge >= 0.3 is 5.69 Å². The van der Waals surface area contributed by atoms with E-state index in [-0.39, 0.29) is 5.75 Å². The molecule has 0 saturated heterocycles. The molecule has 0 bridgehead atoms. The van der Waals surface area contributed by atoms with Crippen molar-refractivity contribution in [2.45, 2.75) is 19.4 Å². The Bertz CT molecular complexity index is 450. The highest BCUT2D eigenvalue weighted by atomic mass is 19.1. The lowest BCUT2D eigenvalue weighted by Crippen LogP contribution is -2.32. The van der Waals surface area contributed by atoms with Crippen LogP contribution in [0.2, 0.25) is 0 Å². The van der Waals surface area contributed by atoms with Gasteiger partial charge in [-0.25, -0.2) is 0 Å². The number of nitrogens with zero attached hydrogens (tertiary/aromatic N) is 1. The molecule has 1 unspecified atom stereocenters. The molecular weight excluding hydrogens is 231 g/mol. The van der Waals surface area contributed by atoms with Crippen molar-refractivity contribution in [3.05, 3.63) is 34.1 Å². The highest BCUT2D eigenvalue weighted by Crippen LogP contribution is 2.23. The summed E-state index contributed by atoms with van der Waals surface area (Å²) >= 11 is 0. The lowest BCUT2D eigenvalue weighted by atomic mass is 10.2. The number of nitro groups is 1. The van der Waals surface area contributed by atoms with E-state index >= 15 is 0 Å². The fraction of sp³-hybridized carbons (Fsp3) is 0.300. The average molecular weight is 242 g/mol. The molecule has 0 aliphatic heterocycles. The van der Waals surface area contributed by atoms with Gasteiger partial charge in [-0.05, 0) is 12.5 Å². The number of primary amides is 1. The highest BCUT2D eigenvalue weighted by Gasteiger charge is 2.18. The minimum Gasteiger partial charge on any atom is -0.481 e. The molecule has 1 atom stereocenters. The van der Waals surface area contributed by atoms with Gasteiger partial charge in [0, 0.05) is 12.1 Å². The Morgan fingerprint density at radius 3 is 2.71 bits per heavy atom. The molecule has 0 aromatic heterocycles. The van der Waals surface area contributed by atoms with Crippen LogP contribution in [0.1, 0.15) is 13.3 Å². The third-order valence-corrected chi connectivity index (χ3v) is 2.08. The first-order chi connectivity index (χ1) is 7.95. The number of hydrogen-bond acceptors (Lipinski definition) is 4. The van der Waals surface area contributed by atoms with Crippen LogP contribution in [0.3, 0.4) is 0 Å². The summed E-state index contributed by atoms with van der Waals surface area (Å²) in [5, 5.41) is 10.4. The number of carbonyl (C=O) groups is 1. The summed E-state index contributed by atoms with van der Waals surface area (Å²) in [6, 6.07) is 3.04. The fourth-order valence-corrected chi connectivity index (χ4v) is 1.22. The molecule has 0 spiro atoms. The fourth-order valence-electron chi connectivity index (χ4n) is 1.22. The molecule has 0 aliphatic carbocycles. The maximum atomic E-state index is 13.2. The number of halogens is 1. The second-order valence-electron chi connectivity index (χ2n) is 3.29. The summed E-state index contributed by atoms with van der Waals surface area (Å²) in [4.78, 5) is 20.4. The van der Waals surface area contributed by atoms with Crippen molar-refractivity contribution in [3.63, 3.8) is 0 Å². The zero-order valence-electron chi connectivity index (χ0n) is 9.05. The summed E-state index contributed by atoms with van der Waals surface area (Å²) in [5.74, 6) is -1.67. The maximum Gasteiger partial charge on any atom is 0.305 e. The number of ether oxygens (including phenoxy) is 1. The Morgan fingerprint density at radius 2 is 2.29 bits per heavy atom. The lowest BCUT2D eigenvalue weighted by molar-refractivity contribution is -0.387. The van der Waals surface area contributed by atoms with Gasteiger partial charge in [0.25, 0.3) is 5.91 Å². The monoisotopic (exact) mass is 242 g/mol. The zero-order valence-corrected chi connectivity index (χ0v) is 9.05. The number of carbonyl (C=O) groups excluding carboxylic acids is 1. The molecule has 1 rings (SSSR count). The summed E-state index contributed by atoms with van der Waals surface area (Å²) in [6.07, 6.45) is -0.552. The van der Waals surface area contributed by atoms with Gasteiger partial charge in [0.15, 0.2) is 6.10 Å². The van der Waals surface area contributed by atoms with Crippen molar-refractivity contribution in [2.24, 2.45) is 5.73 Å². The number of nitrogens with two attached hydrogens (primary N) is 1. The van der Waals surface area contributed by atoms with Gasteiger partial charge in [0.2, 0.25) is 5.82 Å².